The fourth-order valence-corrected chi connectivity index (χ4v) is 0.568. The van der Waals surface area contributed by atoms with Crippen LogP contribution in [0, 0.1) is 0 Å². The summed E-state index contributed by atoms with van der Waals surface area (Å²) in [5.41, 5.74) is 15.4. The van der Waals surface area contributed by atoms with E-state index in [4.69, 9.17) is 17.2 Å². The lowest BCUT2D eigenvalue weighted by atomic mass is 10.1. The highest BCUT2D eigenvalue weighted by atomic mass is 16.2. The van der Waals surface area contributed by atoms with Gasteiger partial charge in [-0.1, -0.05) is 0 Å². The van der Waals surface area contributed by atoms with E-state index in [0.29, 0.717) is 0 Å². The molecule has 64 valence electrons. The van der Waals surface area contributed by atoms with Crippen molar-refractivity contribution in [3.05, 3.63) is 0 Å². The van der Waals surface area contributed by atoms with Crippen molar-refractivity contribution in [3.63, 3.8) is 0 Å². The second-order valence-electron chi connectivity index (χ2n) is 2.17. The molecule has 0 aromatic carbocycles. The Balaban J connectivity index is 3.92. The number of hydrogen-bond acceptors (Lipinski definition) is 5. The summed E-state index contributed by atoms with van der Waals surface area (Å²) < 4.78 is 0. The maximum absolute atomic E-state index is 10.9. The Labute approximate surface area is 64.9 Å². The molecule has 0 aliphatic rings. The van der Waals surface area contributed by atoms with Crippen LogP contribution in [-0.2, 0) is 9.59 Å². The van der Waals surface area contributed by atoms with Gasteiger partial charge in [0.2, 0.25) is 11.6 Å². The molecule has 0 rings (SSSR count). The molecule has 0 aromatic rings. The highest BCUT2D eigenvalue weighted by Crippen LogP contribution is 1.86. The van der Waals surface area contributed by atoms with E-state index in [0.717, 1.165) is 0 Å². The molecule has 0 aliphatic carbocycles. The maximum Gasteiger partial charge on any atom is 0.216 e. The van der Waals surface area contributed by atoms with E-state index in [1.807, 2.05) is 0 Å². The number of rotatable bonds is 5. The minimum atomic E-state index is -0.867. The van der Waals surface area contributed by atoms with Gasteiger partial charge in [0.05, 0.1) is 6.04 Å². The summed E-state index contributed by atoms with van der Waals surface area (Å²) >= 11 is 0. The summed E-state index contributed by atoms with van der Waals surface area (Å²) in [6.07, 6.45) is 0.0481. The minimum absolute atomic E-state index is 0.00482. The van der Waals surface area contributed by atoms with Crippen molar-refractivity contribution < 1.29 is 9.59 Å². The van der Waals surface area contributed by atoms with Crippen LogP contribution in [0.5, 0.6) is 0 Å². The van der Waals surface area contributed by atoms with Crippen molar-refractivity contribution in [2.24, 2.45) is 17.2 Å². The molecule has 1 unspecified atom stereocenters. The molecule has 11 heavy (non-hydrogen) atoms. The van der Waals surface area contributed by atoms with Crippen LogP contribution in [0.2, 0.25) is 0 Å². The van der Waals surface area contributed by atoms with E-state index < -0.39 is 17.6 Å². The largest absolute Gasteiger partial charge is 0.330 e. The lowest BCUT2D eigenvalue weighted by molar-refractivity contribution is -0.137. The summed E-state index contributed by atoms with van der Waals surface area (Å²) in [7, 11) is 0. The maximum atomic E-state index is 10.9. The van der Waals surface area contributed by atoms with E-state index in [1.54, 1.807) is 0 Å². The normalized spacial score (nSPS) is 12.6. The third-order valence-electron chi connectivity index (χ3n) is 1.24. The van der Waals surface area contributed by atoms with Crippen LogP contribution in [0.1, 0.15) is 6.42 Å². The van der Waals surface area contributed by atoms with Gasteiger partial charge >= 0.3 is 0 Å². The number of carbonyl (C=O) groups excluding carboxylic acids is 2. The molecule has 6 N–H and O–H groups in total. The summed E-state index contributed by atoms with van der Waals surface area (Å²) in [6, 6.07) is -0.867. The lowest BCUT2D eigenvalue weighted by Gasteiger charge is -2.04. The molecular formula is C6H13N3O2. The van der Waals surface area contributed by atoms with Crippen molar-refractivity contribution >= 4 is 11.6 Å². The zero-order valence-electron chi connectivity index (χ0n) is 6.25. The van der Waals surface area contributed by atoms with Crippen molar-refractivity contribution in [2.75, 3.05) is 13.1 Å². The predicted octanol–water partition coefficient (Wildman–Crippen LogP) is -2.24. The predicted molar refractivity (Wildman–Crippen MR) is 40.7 cm³/mol. The number of hydrogen-bond donors (Lipinski definition) is 3. The van der Waals surface area contributed by atoms with E-state index in [-0.39, 0.29) is 19.5 Å². The standard InChI is InChI=1S/C6H13N3O2/c7-2-1-5(10)6(11)4(9)3-8/h4H,1-3,7-9H2. The van der Waals surface area contributed by atoms with Crippen LogP contribution in [-0.4, -0.2) is 30.7 Å². The Hall–Kier alpha value is -0.780. The van der Waals surface area contributed by atoms with Crippen LogP contribution in [0.25, 0.3) is 0 Å². The van der Waals surface area contributed by atoms with Crippen molar-refractivity contribution in [1.29, 1.82) is 0 Å². The van der Waals surface area contributed by atoms with Gasteiger partial charge in [0.1, 0.15) is 0 Å². The third-order valence-corrected chi connectivity index (χ3v) is 1.24. The molecule has 0 aromatic heterocycles. The molecule has 0 bridgehead atoms. The van der Waals surface area contributed by atoms with Crippen molar-refractivity contribution in [2.45, 2.75) is 12.5 Å². The number of ketones is 2. The van der Waals surface area contributed by atoms with Gasteiger partial charge in [-0.3, -0.25) is 9.59 Å². The van der Waals surface area contributed by atoms with Gasteiger partial charge in [0.25, 0.3) is 0 Å². The zero-order chi connectivity index (χ0) is 8.85. The Bertz CT molecular complexity index is 158. The van der Waals surface area contributed by atoms with Crippen LogP contribution in [0.4, 0.5) is 0 Å². The highest BCUT2D eigenvalue weighted by molar-refractivity contribution is 6.39. The summed E-state index contributed by atoms with van der Waals surface area (Å²) in [4.78, 5) is 21.6. The average Bonchev–Trinajstić information content (AvgIpc) is 2.02. The van der Waals surface area contributed by atoms with E-state index in [1.165, 1.54) is 0 Å². The molecule has 0 fully saturated rings. The zero-order valence-corrected chi connectivity index (χ0v) is 6.25. The van der Waals surface area contributed by atoms with Gasteiger partial charge in [-0.05, 0) is 6.54 Å². The Kier molecular flexibility index (Phi) is 4.60. The molecule has 0 saturated carbocycles. The van der Waals surface area contributed by atoms with E-state index in [9.17, 15) is 9.59 Å². The number of nitrogens with two attached hydrogens (primary N) is 3. The van der Waals surface area contributed by atoms with Crippen LogP contribution in [0.15, 0.2) is 0 Å². The van der Waals surface area contributed by atoms with Crippen LogP contribution >= 0.6 is 0 Å². The Morgan fingerprint density at radius 1 is 1.27 bits per heavy atom. The van der Waals surface area contributed by atoms with Gasteiger partial charge < -0.3 is 17.2 Å². The fraction of sp³-hybridized carbons (Fsp3) is 0.667. The monoisotopic (exact) mass is 159 g/mol. The first-order valence-corrected chi connectivity index (χ1v) is 3.36. The molecular weight excluding hydrogens is 146 g/mol. The number of Topliss-reactive ketones (excluding diaryl/α,β-unsaturated/α-hetero) is 2. The summed E-state index contributed by atoms with van der Waals surface area (Å²) in [5, 5.41) is 0. The fourth-order valence-electron chi connectivity index (χ4n) is 0.568. The van der Waals surface area contributed by atoms with Crippen LogP contribution in [0.3, 0.4) is 0 Å². The van der Waals surface area contributed by atoms with Crippen LogP contribution < -0.4 is 17.2 Å². The SMILES string of the molecule is NCCC(=O)C(=O)C(N)CN. The smallest absolute Gasteiger partial charge is 0.216 e. The van der Waals surface area contributed by atoms with Gasteiger partial charge in [0.15, 0.2) is 0 Å². The minimum Gasteiger partial charge on any atom is -0.330 e. The topological polar surface area (TPSA) is 112 Å². The molecule has 0 spiro atoms. The molecule has 0 radical (unpaired) electrons. The second-order valence-corrected chi connectivity index (χ2v) is 2.17. The molecule has 1 atom stereocenters. The van der Waals surface area contributed by atoms with Gasteiger partial charge in [-0.25, -0.2) is 0 Å². The Morgan fingerprint density at radius 2 is 1.82 bits per heavy atom. The first-order chi connectivity index (χ1) is 5.13. The highest BCUT2D eigenvalue weighted by Gasteiger charge is 2.18. The number of carbonyl (C=O) groups is 2. The molecule has 0 saturated heterocycles. The van der Waals surface area contributed by atoms with Crippen molar-refractivity contribution in [1.82, 2.24) is 0 Å². The summed E-state index contributed by atoms with van der Waals surface area (Å²) in [5.74, 6) is -1.16. The van der Waals surface area contributed by atoms with E-state index >= 15 is 0 Å². The molecule has 0 heterocycles. The van der Waals surface area contributed by atoms with Gasteiger partial charge in [0, 0.05) is 13.0 Å². The molecule has 5 nitrogen and oxygen atoms in total. The van der Waals surface area contributed by atoms with E-state index in [2.05, 4.69) is 0 Å². The average molecular weight is 159 g/mol. The quantitative estimate of drug-likeness (QED) is 0.392. The Morgan fingerprint density at radius 3 is 2.18 bits per heavy atom. The first-order valence-electron chi connectivity index (χ1n) is 3.36. The van der Waals surface area contributed by atoms with Gasteiger partial charge in [-0.2, -0.15) is 0 Å². The summed E-state index contributed by atoms with van der Waals surface area (Å²) in [6.45, 7) is 0.164. The lowest BCUT2D eigenvalue weighted by Crippen LogP contribution is -2.42. The molecule has 0 amide bonds. The third kappa shape index (κ3) is 3.22. The molecule has 5 heteroatoms. The van der Waals surface area contributed by atoms with Gasteiger partial charge in [-0.15, -0.1) is 0 Å². The van der Waals surface area contributed by atoms with Crippen molar-refractivity contribution in [3.8, 4) is 0 Å². The second kappa shape index (κ2) is 4.95. The molecule has 0 aliphatic heterocycles. The first kappa shape index (κ1) is 10.2.